The zero-order valence-electron chi connectivity index (χ0n) is 11.1. The van der Waals surface area contributed by atoms with Gasteiger partial charge in [0.25, 0.3) is 0 Å². The van der Waals surface area contributed by atoms with Gasteiger partial charge in [0.2, 0.25) is 0 Å². The highest BCUT2D eigenvalue weighted by molar-refractivity contribution is 4.97. The van der Waals surface area contributed by atoms with Gasteiger partial charge in [-0.25, -0.2) is 0 Å². The number of hydrogen-bond acceptors (Lipinski definition) is 0. The Balaban J connectivity index is 1.96. The molecule has 3 atom stereocenters. The molecule has 0 aromatic heterocycles. The topological polar surface area (TPSA) is 0 Å². The Morgan fingerprint density at radius 3 is 2.25 bits per heavy atom. The highest BCUT2D eigenvalue weighted by Crippen LogP contribution is 2.37. The Bertz CT molecular complexity index is 220. The van der Waals surface area contributed by atoms with Crippen molar-refractivity contribution in [1.82, 2.24) is 0 Å². The average Bonchev–Trinajstić information content (AvgIpc) is 2.62. The summed E-state index contributed by atoms with van der Waals surface area (Å²) in [5, 5.41) is 0. The zero-order chi connectivity index (χ0) is 11.4. The first-order chi connectivity index (χ1) is 7.77. The Kier molecular flexibility index (Phi) is 4.49. The van der Waals surface area contributed by atoms with E-state index < -0.39 is 0 Å². The van der Waals surface area contributed by atoms with E-state index in [1.807, 2.05) is 0 Å². The summed E-state index contributed by atoms with van der Waals surface area (Å²) >= 11 is 0. The van der Waals surface area contributed by atoms with E-state index in [1.54, 1.807) is 0 Å². The Morgan fingerprint density at radius 1 is 0.875 bits per heavy atom. The van der Waals surface area contributed by atoms with Crippen molar-refractivity contribution in [3.63, 3.8) is 0 Å². The van der Waals surface area contributed by atoms with Crippen LogP contribution >= 0.6 is 0 Å². The monoisotopic (exact) mass is 220 g/mol. The summed E-state index contributed by atoms with van der Waals surface area (Å²) < 4.78 is 0. The van der Waals surface area contributed by atoms with E-state index in [1.165, 1.54) is 51.4 Å². The fraction of sp³-hybridized carbons (Fsp3) is 0.875. The van der Waals surface area contributed by atoms with E-state index in [0.29, 0.717) is 0 Å². The van der Waals surface area contributed by atoms with Crippen molar-refractivity contribution in [1.29, 1.82) is 0 Å². The minimum Gasteiger partial charge on any atom is -0.0880 e. The van der Waals surface area contributed by atoms with Crippen LogP contribution in [-0.4, -0.2) is 0 Å². The molecule has 0 bridgehead atoms. The van der Waals surface area contributed by atoms with Gasteiger partial charge < -0.3 is 0 Å². The predicted molar refractivity (Wildman–Crippen MR) is 71.4 cm³/mol. The molecule has 3 unspecified atom stereocenters. The molecule has 0 nitrogen and oxygen atoms in total. The molecule has 0 heterocycles. The second-order valence-electron chi connectivity index (χ2n) is 6.27. The minimum absolute atomic E-state index is 0.895. The van der Waals surface area contributed by atoms with Gasteiger partial charge in [-0.15, -0.1) is 0 Å². The largest absolute Gasteiger partial charge is 0.0880 e. The molecule has 2 rings (SSSR count). The lowest BCUT2D eigenvalue weighted by molar-refractivity contribution is 0.267. The third kappa shape index (κ3) is 3.12. The summed E-state index contributed by atoms with van der Waals surface area (Å²) in [6, 6.07) is 0. The highest BCUT2D eigenvalue weighted by Gasteiger charge is 2.25. The molecule has 16 heavy (non-hydrogen) atoms. The zero-order valence-corrected chi connectivity index (χ0v) is 11.1. The lowest BCUT2D eigenvalue weighted by Gasteiger charge is -2.26. The van der Waals surface area contributed by atoms with Crippen LogP contribution in [0, 0.1) is 23.7 Å². The number of rotatable bonds is 1. The van der Waals surface area contributed by atoms with Crippen molar-refractivity contribution < 1.29 is 0 Å². The molecule has 0 aromatic carbocycles. The normalized spacial score (nSPS) is 38.0. The van der Waals surface area contributed by atoms with Gasteiger partial charge in [-0.3, -0.25) is 0 Å². The number of hydrogen-bond donors (Lipinski definition) is 0. The smallest absolute Gasteiger partial charge is 0.0203 e. The van der Waals surface area contributed by atoms with Crippen LogP contribution in [-0.2, 0) is 0 Å². The van der Waals surface area contributed by atoms with Crippen LogP contribution in [0.15, 0.2) is 12.2 Å². The SMILES string of the molecule is CC1CC=CC(C2CCCCCC2)CC1C. The standard InChI is InChI=1S/C16H28/c1-13-8-7-11-16(12-14(13)2)15-9-5-3-4-6-10-15/h7,11,13-16H,3-6,8-10,12H2,1-2H3. The maximum atomic E-state index is 2.57. The second-order valence-corrected chi connectivity index (χ2v) is 6.27. The summed E-state index contributed by atoms with van der Waals surface area (Å²) in [7, 11) is 0. The summed E-state index contributed by atoms with van der Waals surface area (Å²) in [4.78, 5) is 0. The number of allylic oxidation sites excluding steroid dienone is 2. The van der Waals surface area contributed by atoms with Crippen LogP contribution in [0.25, 0.3) is 0 Å². The second kappa shape index (κ2) is 5.89. The molecule has 0 saturated heterocycles. The van der Waals surface area contributed by atoms with E-state index >= 15 is 0 Å². The summed E-state index contributed by atoms with van der Waals surface area (Å²) in [5.41, 5.74) is 0. The first-order valence-electron chi connectivity index (χ1n) is 7.44. The van der Waals surface area contributed by atoms with E-state index in [-0.39, 0.29) is 0 Å². The third-order valence-electron chi connectivity index (χ3n) is 5.01. The first kappa shape index (κ1) is 12.2. The fourth-order valence-corrected chi connectivity index (χ4v) is 3.53. The molecular formula is C16H28. The highest BCUT2D eigenvalue weighted by atomic mass is 14.3. The molecule has 0 spiro atoms. The third-order valence-corrected chi connectivity index (χ3v) is 5.01. The summed E-state index contributed by atoms with van der Waals surface area (Å²) in [6.07, 6.45) is 16.7. The molecule has 1 fully saturated rings. The van der Waals surface area contributed by atoms with Crippen LogP contribution in [0.2, 0.25) is 0 Å². The molecule has 2 aliphatic rings. The molecule has 0 amide bonds. The van der Waals surface area contributed by atoms with Crippen molar-refractivity contribution >= 4 is 0 Å². The van der Waals surface area contributed by atoms with Crippen LogP contribution in [0.1, 0.15) is 65.2 Å². The van der Waals surface area contributed by atoms with E-state index in [0.717, 1.165) is 23.7 Å². The molecule has 0 radical (unpaired) electrons. The Hall–Kier alpha value is -0.260. The quantitative estimate of drug-likeness (QED) is 0.421. The van der Waals surface area contributed by atoms with Crippen molar-refractivity contribution in [2.24, 2.45) is 23.7 Å². The Morgan fingerprint density at radius 2 is 1.56 bits per heavy atom. The maximum absolute atomic E-state index is 2.57. The van der Waals surface area contributed by atoms with E-state index in [2.05, 4.69) is 26.0 Å². The van der Waals surface area contributed by atoms with Crippen LogP contribution in [0.3, 0.4) is 0 Å². The summed E-state index contributed by atoms with van der Waals surface area (Å²) in [6.45, 7) is 4.88. The fourth-order valence-electron chi connectivity index (χ4n) is 3.53. The van der Waals surface area contributed by atoms with Gasteiger partial charge >= 0.3 is 0 Å². The molecule has 0 N–H and O–H groups in total. The van der Waals surface area contributed by atoms with Gasteiger partial charge in [-0.1, -0.05) is 51.7 Å². The summed E-state index contributed by atoms with van der Waals surface area (Å²) in [5.74, 6) is 3.72. The molecule has 0 aliphatic heterocycles. The molecule has 92 valence electrons. The van der Waals surface area contributed by atoms with Gasteiger partial charge in [-0.2, -0.15) is 0 Å². The van der Waals surface area contributed by atoms with Crippen molar-refractivity contribution in [3.8, 4) is 0 Å². The van der Waals surface area contributed by atoms with Gasteiger partial charge in [0, 0.05) is 0 Å². The van der Waals surface area contributed by atoms with Crippen LogP contribution in [0.4, 0.5) is 0 Å². The van der Waals surface area contributed by atoms with Gasteiger partial charge in [0.15, 0.2) is 0 Å². The minimum atomic E-state index is 0.895. The van der Waals surface area contributed by atoms with E-state index in [4.69, 9.17) is 0 Å². The van der Waals surface area contributed by atoms with Gasteiger partial charge in [-0.05, 0) is 49.4 Å². The molecule has 0 aromatic rings. The first-order valence-corrected chi connectivity index (χ1v) is 7.44. The maximum Gasteiger partial charge on any atom is -0.0203 e. The average molecular weight is 220 g/mol. The van der Waals surface area contributed by atoms with E-state index in [9.17, 15) is 0 Å². The predicted octanol–water partition coefficient (Wildman–Crippen LogP) is 5.20. The van der Waals surface area contributed by atoms with Crippen molar-refractivity contribution in [3.05, 3.63) is 12.2 Å². The Labute approximate surface area is 102 Å². The lowest BCUT2D eigenvalue weighted by Crippen LogP contribution is -2.16. The van der Waals surface area contributed by atoms with Crippen LogP contribution in [0.5, 0.6) is 0 Å². The molecule has 0 heteroatoms. The van der Waals surface area contributed by atoms with Crippen molar-refractivity contribution in [2.45, 2.75) is 65.2 Å². The van der Waals surface area contributed by atoms with Gasteiger partial charge in [0.1, 0.15) is 0 Å². The van der Waals surface area contributed by atoms with Gasteiger partial charge in [0.05, 0.1) is 0 Å². The molecule has 2 aliphatic carbocycles. The molecule has 1 saturated carbocycles. The van der Waals surface area contributed by atoms with Crippen LogP contribution < -0.4 is 0 Å². The van der Waals surface area contributed by atoms with Crippen molar-refractivity contribution in [2.75, 3.05) is 0 Å². The lowest BCUT2D eigenvalue weighted by atomic mass is 9.79. The molecular weight excluding hydrogens is 192 g/mol.